The standard InChI is InChI=1S/C22H24ClN5O3/c1-14-5-6-22(30-11-14)12-27(13-22)17-7-20(29)28(25-9-17)10-18-15(2)31-26-21(18)16-3-4-19(23)24-8-16/h3-4,7-9,14H,5-6,10-13H2,1-2H3/t14-/m0/s1. The second-order valence-electron chi connectivity index (χ2n) is 8.64. The number of aromatic nitrogens is 4. The Labute approximate surface area is 184 Å². The van der Waals surface area contributed by atoms with Gasteiger partial charge < -0.3 is 14.2 Å². The molecular weight excluding hydrogens is 418 g/mol. The third kappa shape index (κ3) is 3.85. The number of anilines is 1. The maximum atomic E-state index is 12.8. The van der Waals surface area contributed by atoms with Gasteiger partial charge in [0.2, 0.25) is 0 Å². The van der Waals surface area contributed by atoms with Crippen molar-refractivity contribution >= 4 is 17.3 Å². The van der Waals surface area contributed by atoms with Gasteiger partial charge in [0.1, 0.15) is 22.2 Å². The lowest BCUT2D eigenvalue weighted by Crippen LogP contribution is -2.65. The molecule has 5 rings (SSSR count). The summed E-state index contributed by atoms with van der Waals surface area (Å²) in [6.07, 6.45) is 5.64. The van der Waals surface area contributed by atoms with Crippen molar-refractivity contribution in [2.24, 2.45) is 5.92 Å². The van der Waals surface area contributed by atoms with Gasteiger partial charge in [-0.15, -0.1) is 0 Å². The third-order valence-electron chi connectivity index (χ3n) is 6.24. The van der Waals surface area contributed by atoms with Crippen LogP contribution in [0.15, 0.2) is 39.9 Å². The summed E-state index contributed by atoms with van der Waals surface area (Å²) in [7, 11) is 0. The van der Waals surface area contributed by atoms with E-state index >= 15 is 0 Å². The van der Waals surface area contributed by atoms with Crippen molar-refractivity contribution in [2.45, 2.75) is 38.8 Å². The molecule has 162 valence electrons. The Morgan fingerprint density at radius 2 is 2.13 bits per heavy atom. The average Bonchev–Trinajstić information content (AvgIpc) is 3.09. The number of hydrogen-bond acceptors (Lipinski definition) is 7. The van der Waals surface area contributed by atoms with Gasteiger partial charge in [0, 0.05) is 36.5 Å². The van der Waals surface area contributed by atoms with E-state index in [-0.39, 0.29) is 17.7 Å². The molecule has 8 nitrogen and oxygen atoms in total. The summed E-state index contributed by atoms with van der Waals surface area (Å²) in [4.78, 5) is 19.0. The van der Waals surface area contributed by atoms with Crippen LogP contribution in [0.3, 0.4) is 0 Å². The highest BCUT2D eigenvalue weighted by molar-refractivity contribution is 6.29. The van der Waals surface area contributed by atoms with Gasteiger partial charge in [-0.25, -0.2) is 9.67 Å². The number of ether oxygens (including phenoxy) is 1. The van der Waals surface area contributed by atoms with Crippen LogP contribution in [0.25, 0.3) is 11.3 Å². The van der Waals surface area contributed by atoms with Crippen LogP contribution >= 0.6 is 11.6 Å². The summed E-state index contributed by atoms with van der Waals surface area (Å²) in [6.45, 7) is 6.74. The van der Waals surface area contributed by atoms with E-state index in [4.69, 9.17) is 20.9 Å². The highest BCUT2D eigenvalue weighted by Gasteiger charge is 2.46. The van der Waals surface area contributed by atoms with E-state index in [0.717, 1.165) is 42.9 Å². The molecule has 0 aliphatic carbocycles. The van der Waals surface area contributed by atoms with Crippen LogP contribution in [-0.2, 0) is 11.3 Å². The van der Waals surface area contributed by atoms with Crippen molar-refractivity contribution in [2.75, 3.05) is 24.6 Å². The average molecular weight is 442 g/mol. The molecule has 2 aliphatic rings. The first-order valence-electron chi connectivity index (χ1n) is 10.5. The fraction of sp³-hybridized carbons (Fsp3) is 0.455. The van der Waals surface area contributed by atoms with E-state index in [1.54, 1.807) is 24.5 Å². The quantitative estimate of drug-likeness (QED) is 0.574. The summed E-state index contributed by atoms with van der Waals surface area (Å²) >= 11 is 5.88. The van der Waals surface area contributed by atoms with Gasteiger partial charge in [0.05, 0.1) is 25.0 Å². The number of halogens is 1. The minimum Gasteiger partial charge on any atom is -0.371 e. The molecule has 0 N–H and O–H groups in total. The number of rotatable bonds is 4. The van der Waals surface area contributed by atoms with Crippen LogP contribution in [0.1, 0.15) is 31.1 Å². The molecule has 1 spiro atoms. The number of nitrogens with zero attached hydrogens (tertiary/aromatic N) is 5. The molecule has 0 bridgehead atoms. The molecular formula is C22H24ClN5O3. The predicted octanol–water partition coefficient (Wildman–Crippen LogP) is 3.31. The minimum atomic E-state index is -0.169. The molecule has 2 saturated heterocycles. The van der Waals surface area contributed by atoms with E-state index in [1.165, 1.54) is 11.1 Å². The zero-order valence-corrected chi connectivity index (χ0v) is 18.3. The molecule has 0 aromatic carbocycles. The van der Waals surface area contributed by atoms with Crippen molar-refractivity contribution in [3.8, 4) is 11.3 Å². The molecule has 2 aliphatic heterocycles. The summed E-state index contributed by atoms with van der Waals surface area (Å²) in [5.41, 5.74) is 2.80. The monoisotopic (exact) mass is 441 g/mol. The van der Waals surface area contributed by atoms with Crippen molar-refractivity contribution in [1.29, 1.82) is 0 Å². The lowest BCUT2D eigenvalue weighted by atomic mass is 9.83. The van der Waals surface area contributed by atoms with Gasteiger partial charge in [0.25, 0.3) is 5.56 Å². The Kier molecular flexibility index (Phi) is 5.06. The second-order valence-corrected chi connectivity index (χ2v) is 9.03. The Bertz CT molecular complexity index is 1140. The fourth-order valence-electron chi connectivity index (χ4n) is 4.25. The Morgan fingerprint density at radius 1 is 1.29 bits per heavy atom. The second kappa shape index (κ2) is 7.76. The van der Waals surface area contributed by atoms with Crippen molar-refractivity contribution in [3.05, 3.63) is 57.4 Å². The third-order valence-corrected chi connectivity index (χ3v) is 6.46. The minimum absolute atomic E-state index is 0.0531. The molecule has 0 amide bonds. The zero-order valence-electron chi connectivity index (χ0n) is 17.5. The topological polar surface area (TPSA) is 86.3 Å². The fourth-order valence-corrected chi connectivity index (χ4v) is 4.36. The van der Waals surface area contributed by atoms with Gasteiger partial charge in [0.15, 0.2) is 0 Å². The van der Waals surface area contributed by atoms with Crippen molar-refractivity contribution in [1.82, 2.24) is 19.9 Å². The molecule has 3 aromatic rings. The molecule has 2 fully saturated rings. The summed E-state index contributed by atoms with van der Waals surface area (Å²) in [6, 6.07) is 5.15. The predicted molar refractivity (Wildman–Crippen MR) is 116 cm³/mol. The lowest BCUT2D eigenvalue weighted by Gasteiger charge is -2.53. The van der Waals surface area contributed by atoms with Gasteiger partial charge in [-0.1, -0.05) is 23.7 Å². The van der Waals surface area contributed by atoms with Gasteiger partial charge >= 0.3 is 0 Å². The summed E-state index contributed by atoms with van der Waals surface area (Å²) in [5, 5.41) is 8.95. The Balaban J connectivity index is 1.33. The zero-order chi connectivity index (χ0) is 21.6. The van der Waals surface area contributed by atoms with E-state index in [0.29, 0.717) is 22.5 Å². The molecule has 0 unspecified atom stereocenters. The smallest absolute Gasteiger partial charge is 0.269 e. The Morgan fingerprint density at radius 3 is 2.81 bits per heavy atom. The maximum Gasteiger partial charge on any atom is 0.269 e. The largest absolute Gasteiger partial charge is 0.371 e. The molecule has 0 saturated carbocycles. The highest BCUT2D eigenvalue weighted by Crippen LogP contribution is 2.37. The SMILES string of the molecule is Cc1onc(-c2ccc(Cl)nc2)c1Cn1ncc(N2CC3(CC[C@H](C)CO3)C2)cc1=O. The summed E-state index contributed by atoms with van der Waals surface area (Å²) < 4.78 is 12.9. The van der Waals surface area contributed by atoms with Crippen LogP contribution in [0.2, 0.25) is 5.15 Å². The van der Waals surface area contributed by atoms with Crippen LogP contribution < -0.4 is 10.5 Å². The van der Waals surface area contributed by atoms with Crippen LogP contribution in [0.4, 0.5) is 5.69 Å². The van der Waals surface area contributed by atoms with E-state index in [9.17, 15) is 4.79 Å². The van der Waals surface area contributed by atoms with Crippen LogP contribution in [0.5, 0.6) is 0 Å². The van der Waals surface area contributed by atoms with Gasteiger partial charge in [-0.3, -0.25) is 4.79 Å². The lowest BCUT2D eigenvalue weighted by molar-refractivity contribution is -0.113. The van der Waals surface area contributed by atoms with Gasteiger partial charge in [-0.2, -0.15) is 5.10 Å². The molecule has 3 aromatic heterocycles. The molecule has 1 atom stereocenters. The van der Waals surface area contributed by atoms with Crippen LogP contribution in [-0.4, -0.2) is 45.2 Å². The first kappa shape index (κ1) is 20.2. The highest BCUT2D eigenvalue weighted by atomic mass is 35.5. The van der Waals surface area contributed by atoms with E-state index in [2.05, 4.69) is 27.1 Å². The summed E-state index contributed by atoms with van der Waals surface area (Å²) in [5.74, 6) is 1.26. The van der Waals surface area contributed by atoms with Gasteiger partial charge in [-0.05, 0) is 37.8 Å². The molecule has 5 heterocycles. The van der Waals surface area contributed by atoms with Crippen molar-refractivity contribution < 1.29 is 9.26 Å². The number of aryl methyl sites for hydroxylation is 1. The number of hydrogen-bond donors (Lipinski definition) is 0. The first-order chi connectivity index (χ1) is 14.9. The molecule has 0 radical (unpaired) electrons. The number of pyridine rings is 1. The van der Waals surface area contributed by atoms with Crippen LogP contribution in [0, 0.1) is 12.8 Å². The first-order valence-corrected chi connectivity index (χ1v) is 10.8. The van der Waals surface area contributed by atoms with E-state index < -0.39 is 0 Å². The Hall–Kier alpha value is -2.71. The normalized spacial score (nSPS) is 20.1. The van der Waals surface area contributed by atoms with E-state index in [1.807, 2.05) is 13.0 Å². The molecule has 9 heteroatoms. The molecule has 31 heavy (non-hydrogen) atoms. The maximum absolute atomic E-state index is 12.8. The van der Waals surface area contributed by atoms with Crippen molar-refractivity contribution in [3.63, 3.8) is 0 Å².